The van der Waals surface area contributed by atoms with Gasteiger partial charge in [-0.25, -0.2) is 9.36 Å². The number of hydrogen-bond donors (Lipinski definition) is 0. The van der Waals surface area contributed by atoms with Crippen molar-refractivity contribution in [1.29, 1.82) is 0 Å². The molecule has 0 saturated heterocycles. The second kappa shape index (κ2) is 6.38. The summed E-state index contributed by atoms with van der Waals surface area (Å²) >= 11 is 0. The van der Waals surface area contributed by atoms with Crippen LogP contribution in [0.5, 0.6) is 0 Å². The van der Waals surface area contributed by atoms with Gasteiger partial charge < -0.3 is 0 Å². The highest BCUT2D eigenvalue weighted by molar-refractivity contribution is 5.77. The lowest BCUT2D eigenvalue weighted by Gasteiger charge is -1.98. The Balaban J connectivity index is 1.60. The molecule has 2 aromatic heterocycles. The molecule has 0 aliphatic carbocycles. The lowest BCUT2D eigenvalue weighted by atomic mass is 10.2. The molecule has 7 heteroatoms. The largest absolute Gasteiger partial charge is 0.248 e. The van der Waals surface area contributed by atoms with Crippen molar-refractivity contribution in [2.75, 3.05) is 0 Å². The molecule has 0 fully saturated rings. The Kier molecular flexibility index (Phi) is 3.92. The van der Waals surface area contributed by atoms with Crippen LogP contribution in [-0.2, 0) is 6.54 Å². The van der Waals surface area contributed by atoms with E-state index in [1.54, 1.807) is 17.0 Å². The van der Waals surface area contributed by atoms with Crippen LogP contribution in [0.2, 0.25) is 0 Å². The SMILES string of the molecule is C(/C=C/c1cn(Cc2ccccc2)nn1)=N/n1cnnc1. The maximum absolute atomic E-state index is 4.09. The third-order valence-corrected chi connectivity index (χ3v) is 2.70. The fourth-order valence-electron chi connectivity index (χ4n) is 1.75. The molecule has 0 bridgehead atoms. The molecule has 0 unspecified atom stereocenters. The van der Waals surface area contributed by atoms with Gasteiger partial charge >= 0.3 is 0 Å². The first-order valence-electron chi connectivity index (χ1n) is 6.40. The van der Waals surface area contributed by atoms with E-state index in [2.05, 4.69) is 37.7 Å². The monoisotopic (exact) mass is 279 g/mol. The summed E-state index contributed by atoms with van der Waals surface area (Å²) in [6.07, 6.45) is 10.2. The minimum absolute atomic E-state index is 0.705. The van der Waals surface area contributed by atoms with Gasteiger partial charge in [0.05, 0.1) is 12.7 Å². The minimum atomic E-state index is 0.705. The van der Waals surface area contributed by atoms with Crippen LogP contribution in [0.25, 0.3) is 6.08 Å². The molecule has 3 rings (SSSR count). The van der Waals surface area contributed by atoms with E-state index in [0.29, 0.717) is 6.54 Å². The van der Waals surface area contributed by atoms with Crippen molar-refractivity contribution in [3.63, 3.8) is 0 Å². The Hall–Kier alpha value is -3.09. The van der Waals surface area contributed by atoms with Crippen LogP contribution >= 0.6 is 0 Å². The zero-order valence-corrected chi connectivity index (χ0v) is 11.2. The third-order valence-electron chi connectivity index (χ3n) is 2.70. The van der Waals surface area contributed by atoms with Gasteiger partial charge in [0.15, 0.2) is 0 Å². The van der Waals surface area contributed by atoms with E-state index in [-0.39, 0.29) is 0 Å². The van der Waals surface area contributed by atoms with Gasteiger partial charge in [0, 0.05) is 6.21 Å². The van der Waals surface area contributed by atoms with Crippen LogP contribution in [-0.4, -0.2) is 36.1 Å². The van der Waals surface area contributed by atoms with E-state index >= 15 is 0 Å². The van der Waals surface area contributed by atoms with Gasteiger partial charge in [0.25, 0.3) is 0 Å². The van der Waals surface area contributed by atoms with Crippen molar-refractivity contribution >= 4 is 12.3 Å². The van der Waals surface area contributed by atoms with Gasteiger partial charge in [-0.05, 0) is 17.7 Å². The average Bonchev–Trinajstić information content (AvgIpc) is 3.17. The fourth-order valence-corrected chi connectivity index (χ4v) is 1.75. The van der Waals surface area contributed by atoms with E-state index in [9.17, 15) is 0 Å². The molecular weight excluding hydrogens is 266 g/mol. The lowest BCUT2D eigenvalue weighted by Crippen LogP contribution is -1.99. The predicted octanol–water partition coefficient (Wildman–Crippen LogP) is 1.47. The Morgan fingerprint density at radius 1 is 1.10 bits per heavy atom. The summed E-state index contributed by atoms with van der Waals surface area (Å²) in [6.45, 7) is 0.705. The second-order valence-electron chi connectivity index (χ2n) is 4.29. The number of hydrogen-bond acceptors (Lipinski definition) is 5. The summed E-state index contributed by atoms with van der Waals surface area (Å²) in [6, 6.07) is 10.1. The summed E-state index contributed by atoms with van der Waals surface area (Å²) in [4.78, 5) is 0. The maximum atomic E-state index is 4.09. The molecule has 0 radical (unpaired) electrons. The van der Waals surface area contributed by atoms with Crippen LogP contribution in [0.4, 0.5) is 0 Å². The average molecular weight is 279 g/mol. The summed E-state index contributed by atoms with van der Waals surface area (Å²) < 4.78 is 3.31. The van der Waals surface area contributed by atoms with Crippen molar-refractivity contribution in [2.45, 2.75) is 6.54 Å². The second-order valence-corrected chi connectivity index (χ2v) is 4.29. The Labute approximate surface area is 121 Å². The van der Waals surface area contributed by atoms with Crippen molar-refractivity contribution in [3.8, 4) is 0 Å². The first-order valence-corrected chi connectivity index (χ1v) is 6.40. The topological polar surface area (TPSA) is 73.8 Å². The molecule has 0 amide bonds. The molecule has 0 aliphatic rings. The molecule has 21 heavy (non-hydrogen) atoms. The van der Waals surface area contributed by atoms with E-state index in [1.807, 2.05) is 30.5 Å². The summed E-state index contributed by atoms with van der Waals surface area (Å²) in [7, 11) is 0. The van der Waals surface area contributed by atoms with E-state index in [4.69, 9.17) is 0 Å². The predicted molar refractivity (Wildman–Crippen MR) is 78.5 cm³/mol. The number of allylic oxidation sites excluding steroid dienone is 1. The van der Waals surface area contributed by atoms with Crippen LogP contribution in [0.1, 0.15) is 11.3 Å². The van der Waals surface area contributed by atoms with Crippen LogP contribution in [0.3, 0.4) is 0 Å². The molecule has 104 valence electrons. The van der Waals surface area contributed by atoms with Gasteiger partial charge in [0.1, 0.15) is 18.3 Å². The highest BCUT2D eigenvalue weighted by atomic mass is 15.4. The smallest absolute Gasteiger partial charge is 0.141 e. The van der Waals surface area contributed by atoms with Crippen LogP contribution in [0.15, 0.2) is 60.4 Å². The van der Waals surface area contributed by atoms with E-state index in [1.165, 1.54) is 22.9 Å². The lowest BCUT2D eigenvalue weighted by molar-refractivity contribution is 0.649. The number of rotatable bonds is 5. The highest BCUT2D eigenvalue weighted by Crippen LogP contribution is 2.02. The van der Waals surface area contributed by atoms with Gasteiger partial charge in [-0.15, -0.1) is 15.3 Å². The molecule has 0 spiro atoms. The summed E-state index contributed by atoms with van der Waals surface area (Å²) in [5.41, 5.74) is 1.97. The van der Waals surface area contributed by atoms with Crippen LogP contribution < -0.4 is 0 Å². The van der Waals surface area contributed by atoms with Crippen molar-refractivity contribution < 1.29 is 0 Å². The molecule has 0 saturated carbocycles. The van der Waals surface area contributed by atoms with E-state index < -0.39 is 0 Å². The van der Waals surface area contributed by atoms with Gasteiger partial charge in [-0.2, -0.15) is 5.10 Å². The quantitative estimate of drug-likeness (QED) is 0.663. The molecular formula is C14H13N7. The van der Waals surface area contributed by atoms with E-state index in [0.717, 1.165) is 5.69 Å². The van der Waals surface area contributed by atoms with Crippen molar-refractivity contribution in [1.82, 2.24) is 29.9 Å². The zero-order chi connectivity index (χ0) is 14.3. The summed E-state index contributed by atoms with van der Waals surface area (Å²) in [5.74, 6) is 0. The Morgan fingerprint density at radius 2 is 1.90 bits per heavy atom. The highest BCUT2D eigenvalue weighted by Gasteiger charge is 1.98. The molecule has 0 atom stereocenters. The maximum Gasteiger partial charge on any atom is 0.141 e. The van der Waals surface area contributed by atoms with Crippen LogP contribution in [0, 0.1) is 0 Å². The van der Waals surface area contributed by atoms with Gasteiger partial charge in [0.2, 0.25) is 0 Å². The number of benzene rings is 1. The standard InChI is InChI=1S/C14H13N7/c1-2-5-13(6-3-1)9-20-10-14(18-19-20)7-4-8-17-21-11-15-16-12-21/h1-8,10-12H,9H2/b7-4+,17-8-. The molecule has 3 aromatic rings. The minimum Gasteiger partial charge on any atom is -0.248 e. The van der Waals surface area contributed by atoms with Gasteiger partial charge in [-0.1, -0.05) is 35.5 Å². The summed E-state index contributed by atoms with van der Waals surface area (Å²) in [5, 5.41) is 19.5. The fraction of sp³-hybridized carbons (Fsp3) is 0.0714. The molecule has 0 aliphatic heterocycles. The van der Waals surface area contributed by atoms with Gasteiger partial charge in [-0.3, -0.25) is 0 Å². The molecule has 0 N–H and O–H groups in total. The Morgan fingerprint density at radius 3 is 2.71 bits per heavy atom. The first-order chi connectivity index (χ1) is 10.4. The number of aromatic nitrogens is 6. The normalized spacial score (nSPS) is 11.6. The van der Waals surface area contributed by atoms with Crippen molar-refractivity contribution in [2.24, 2.45) is 5.10 Å². The number of nitrogens with zero attached hydrogens (tertiary/aromatic N) is 7. The Bertz CT molecular complexity index is 726. The molecule has 2 heterocycles. The zero-order valence-electron chi connectivity index (χ0n) is 11.2. The third kappa shape index (κ3) is 3.69. The first kappa shape index (κ1) is 12.9. The molecule has 1 aromatic carbocycles. The molecule has 7 nitrogen and oxygen atoms in total. The van der Waals surface area contributed by atoms with Crippen molar-refractivity contribution in [3.05, 3.63) is 66.5 Å².